The van der Waals surface area contributed by atoms with E-state index in [9.17, 15) is 9.59 Å². The number of carbonyl (C=O) groups is 2. The van der Waals surface area contributed by atoms with E-state index >= 15 is 0 Å². The van der Waals surface area contributed by atoms with Crippen molar-refractivity contribution < 1.29 is 23.6 Å². The van der Waals surface area contributed by atoms with E-state index in [0.29, 0.717) is 23.6 Å². The first-order chi connectivity index (χ1) is 11.9. The minimum Gasteiger partial charge on any atom is -0.495 e. The zero-order chi connectivity index (χ0) is 18.4. The Balaban J connectivity index is 1.87. The zero-order valence-corrected chi connectivity index (χ0v) is 14.8. The SMILES string of the molecule is COc1ccccc1NC(=O)[C@H](C)OC(=O)CCc1c(C)noc1C. The molecule has 1 N–H and O–H groups in total. The number of para-hydroxylation sites is 2. The van der Waals surface area contributed by atoms with Crippen LogP contribution in [0.1, 0.15) is 30.4 Å². The van der Waals surface area contributed by atoms with Gasteiger partial charge < -0.3 is 19.3 Å². The van der Waals surface area contributed by atoms with Gasteiger partial charge >= 0.3 is 5.97 Å². The fraction of sp³-hybridized carbons (Fsp3) is 0.389. The molecule has 0 fully saturated rings. The highest BCUT2D eigenvalue weighted by Gasteiger charge is 2.20. The predicted molar refractivity (Wildman–Crippen MR) is 91.5 cm³/mol. The molecule has 1 aromatic heterocycles. The van der Waals surface area contributed by atoms with Crippen molar-refractivity contribution in [3.8, 4) is 5.75 Å². The van der Waals surface area contributed by atoms with Crippen LogP contribution >= 0.6 is 0 Å². The Labute approximate surface area is 146 Å². The van der Waals surface area contributed by atoms with Crippen molar-refractivity contribution in [3.63, 3.8) is 0 Å². The number of ether oxygens (including phenoxy) is 2. The summed E-state index contributed by atoms with van der Waals surface area (Å²) in [4.78, 5) is 24.2. The summed E-state index contributed by atoms with van der Waals surface area (Å²) < 4.78 is 15.4. The molecule has 2 aromatic rings. The van der Waals surface area contributed by atoms with E-state index in [1.807, 2.05) is 6.92 Å². The maximum Gasteiger partial charge on any atom is 0.306 e. The third kappa shape index (κ3) is 4.82. The second-order valence-corrected chi connectivity index (χ2v) is 5.62. The third-order valence-electron chi connectivity index (χ3n) is 3.80. The van der Waals surface area contributed by atoms with Crippen LogP contribution in [-0.2, 0) is 20.7 Å². The molecule has 1 heterocycles. The van der Waals surface area contributed by atoms with Gasteiger partial charge in [-0.15, -0.1) is 0 Å². The lowest BCUT2D eigenvalue weighted by Gasteiger charge is -2.15. The molecule has 0 aliphatic rings. The number of hydrogen-bond acceptors (Lipinski definition) is 6. The molecule has 1 atom stereocenters. The summed E-state index contributed by atoms with van der Waals surface area (Å²) in [6, 6.07) is 7.02. The normalized spacial score (nSPS) is 11.7. The fourth-order valence-electron chi connectivity index (χ4n) is 2.38. The van der Waals surface area contributed by atoms with E-state index < -0.39 is 18.0 Å². The van der Waals surface area contributed by atoms with Gasteiger partial charge in [-0.25, -0.2) is 0 Å². The molecule has 7 nitrogen and oxygen atoms in total. The van der Waals surface area contributed by atoms with Crippen LogP contribution < -0.4 is 10.1 Å². The second-order valence-electron chi connectivity index (χ2n) is 5.62. The second kappa shape index (κ2) is 8.32. The number of aryl methyl sites for hydroxylation is 2. The predicted octanol–water partition coefficient (Wildman–Crippen LogP) is 2.80. The molecule has 0 bridgehead atoms. The van der Waals surface area contributed by atoms with Crippen LogP contribution in [0.15, 0.2) is 28.8 Å². The van der Waals surface area contributed by atoms with Crippen LogP contribution in [0.5, 0.6) is 5.75 Å². The number of carbonyl (C=O) groups excluding carboxylic acids is 2. The maximum absolute atomic E-state index is 12.2. The molecule has 134 valence electrons. The van der Waals surface area contributed by atoms with E-state index in [2.05, 4.69) is 10.5 Å². The van der Waals surface area contributed by atoms with Gasteiger partial charge in [0.2, 0.25) is 0 Å². The van der Waals surface area contributed by atoms with Crippen LogP contribution in [-0.4, -0.2) is 30.2 Å². The zero-order valence-electron chi connectivity index (χ0n) is 14.8. The highest BCUT2D eigenvalue weighted by atomic mass is 16.5. The van der Waals surface area contributed by atoms with Crippen LogP contribution in [0.4, 0.5) is 5.69 Å². The summed E-state index contributed by atoms with van der Waals surface area (Å²) in [6.45, 7) is 5.14. The molecule has 1 aromatic carbocycles. The molecule has 0 saturated carbocycles. The van der Waals surface area contributed by atoms with E-state index in [1.54, 1.807) is 31.2 Å². The van der Waals surface area contributed by atoms with Crippen molar-refractivity contribution in [1.29, 1.82) is 0 Å². The summed E-state index contributed by atoms with van der Waals surface area (Å²) in [7, 11) is 1.52. The van der Waals surface area contributed by atoms with E-state index in [-0.39, 0.29) is 6.42 Å². The molecule has 0 aliphatic carbocycles. The molecule has 7 heteroatoms. The number of nitrogens with zero attached hydrogens (tertiary/aromatic N) is 1. The molecule has 25 heavy (non-hydrogen) atoms. The lowest BCUT2D eigenvalue weighted by molar-refractivity contribution is -0.153. The number of esters is 1. The molecule has 1 amide bonds. The minimum absolute atomic E-state index is 0.148. The number of anilines is 1. The number of methoxy groups -OCH3 is 1. The Hall–Kier alpha value is -2.83. The molecule has 0 spiro atoms. The van der Waals surface area contributed by atoms with Crippen LogP contribution in [0.2, 0.25) is 0 Å². The van der Waals surface area contributed by atoms with Gasteiger partial charge in [-0.3, -0.25) is 9.59 Å². The first-order valence-electron chi connectivity index (χ1n) is 7.97. The first kappa shape index (κ1) is 18.5. The summed E-state index contributed by atoms with van der Waals surface area (Å²) in [6.07, 6.45) is -0.308. The first-order valence-corrected chi connectivity index (χ1v) is 7.97. The molecule has 0 saturated heterocycles. The number of aromatic nitrogens is 1. The number of rotatable bonds is 7. The van der Waals surface area contributed by atoms with Gasteiger partial charge in [0, 0.05) is 12.0 Å². The number of hydrogen-bond donors (Lipinski definition) is 1. The highest BCUT2D eigenvalue weighted by Crippen LogP contribution is 2.23. The number of benzene rings is 1. The van der Waals surface area contributed by atoms with Gasteiger partial charge in [-0.05, 0) is 39.3 Å². The van der Waals surface area contributed by atoms with Crippen molar-refractivity contribution in [2.75, 3.05) is 12.4 Å². The van der Waals surface area contributed by atoms with Gasteiger partial charge in [-0.2, -0.15) is 0 Å². The lowest BCUT2D eigenvalue weighted by Crippen LogP contribution is -2.30. The Bertz CT molecular complexity index is 734. The Morgan fingerprint density at radius 2 is 2.00 bits per heavy atom. The third-order valence-corrected chi connectivity index (χ3v) is 3.80. The average molecular weight is 346 g/mol. The van der Waals surface area contributed by atoms with Gasteiger partial charge in [0.05, 0.1) is 18.5 Å². The van der Waals surface area contributed by atoms with Crippen molar-refractivity contribution >= 4 is 17.6 Å². The highest BCUT2D eigenvalue weighted by molar-refractivity contribution is 5.96. The van der Waals surface area contributed by atoms with Crippen molar-refractivity contribution in [1.82, 2.24) is 5.16 Å². The van der Waals surface area contributed by atoms with Crippen LogP contribution in [0, 0.1) is 13.8 Å². The maximum atomic E-state index is 12.2. The standard InChI is InChI=1S/C18H22N2O5/c1-11-14(12(2)25-20-11)9-10-17(21)24-13(3)18(22)19-15-7-5-6-8-16(15)23-4/h5-8,13H,9-10H2,1-4H3,(H,19,22)/t13-/m0/s1. The van der Waals surface area contributed by atoms with Crippen LogP contribution in [0.25, 0.3) is 0 Å². The molecule has 0 aliphatic heterocycles. The van der Waals surface area contributed by atoms with E-state index in [4.69, 9.17) is 14.0 Å². The summed E-state index contributed by atoms with van der Waals surface area (Å²) >= 11 is 0. The topological polar surface area (TPSA) is 90.7 Å². The molecular formula is C18H22N2O5. The summed E-state index contributed by atoms with van der Waals surface area (Å²) in [5.41, 5.74) is 2.17. The minimum atomic E-state index is -0.915. The molecule has 0 radical (unpaired) electrons. The molecule has 2 rings (SSSR count). The monoisotopic (exact) mass is 346 g/mol. The number of nitrogens with one attached hydrogen (secondary N) is 1. The van der Waals surface area contributed by atoms with Crippen molar-refractivity contribution in [3.05, 3.63) is 41.3 Å². The van der Waals surface area contributed by atoms with Gasteiger partial charge in [-0.1, -0.05) is 17.3 Å². The Morgan fingerprint density at radius 3 is 2.64 bits per heavy atom. The quantitative estimate of drug-likeness (QED) is 0.775. The van der Waals surface area contributed by atoms with Crippen molar-refractivity contribution in [2.24, 2.45) is 0 Å². The molecule has 0 unspecified atom stereocenters. The lowest BCUT2D eigenvalue weighted by atomic mass is 10.1. The summed E-state index contributed by atoms with van der Waals surface area (Å²) in [5, 5.41) is 6.53. The van der Waals surface area contributed by atoms with E-state index in [0.717, 1.165) is 11.3 Å². The smallest absolute Gasteiger partial charge is 0.306 e. The fourth-order valence-corrected chi connectivity index (χ4v) is 2.38. The van der Waals surface area contributed by atoms with Crippen molar-refractivity contribution in [2.45, 2.75) is 39.7 Å². The molecular weight excluding hydrogens is 324 g/mol. The van der Waals surface area contributed by atoms with Gasteiger partial charge in [0.1, 0.15) is 11.5 Å². The van der Waals surface area contributed by atoms with Gasteiger partial charge in [0.15, 0.2) is 6.10 Å². The van der Waals surface area contributed by atoms with Gasteiger partial charge in [0.25, 0.3) is 5.91 Å². The number of amides is 1. The largest absolute Gasteiger partial charge is 0.495 e. The summed E-state index contributed by atoms with van der Waals surface area (Å²) in [5.74, 6) is 0.345. The van der Waals surface area contributed by atoms with E-state index in [1.165, 1.54) is 14.0 Å². The Morgan fingerprint density at radius 1 is 1.28 bits per heavy atom. The average Bonchev–Trinajstić information content (AvgIpc) is 2.91. The Kier molecular flexibility index (Phi) is 6.16. The van der Waals surface area contributed by atoms with Crippen LogP contribution in [0.3, 0.4) is 0 Å².